The number of nitrogens with zero attached hydrogens (tertiary/aromatic N) is 3. The number of pyridine rings is 1. The first kappa shape index (κ1) is 20.7. The minimum Gasteiger partial charge on any atom is -0.365 e. The van der Waals surface area contributed by atoms with Crippen LogP contribution in [-0.4, -0.2) is 32.8 Å². The van der Waals surface area contributed by atoms with E-state index < -0.39 is 11.7 Å². The summed E-state index contributed by atoms with van der Waals surface area (Å²) in [5.74, 6) is -0.417. The molecule has 0 saturated heterocycles. The van der Waals surface area contributed by atoms with Crippen LogP contribution >= 0.6 is 0 Å². The van der Waals surface area contributed by atoms with Crippen LogP contribution in [0.25, 0.3) is 10.9 Å². The third-order valence-corrected chi connectivity index (χ3v) is 6.38. The van der Waals surface area contributed by atoms with Gasteiger partial charge in [0.15, 0.2) is 11.6 Å². The number of fused-ring (bicyclic) bond motifs is 1. The molecule has 0 radical (unpaired) electrons. The smallest absolute Gasteiger partial charge is 0.252 e. The van der Waals surface area contributed by atoms with Gasteiger partial charge in [0.05, 0.1) is 16.8 Å². The number of rotatable bonds is 7. The molecule has 2 unspecified atom stereocenters. The Kier molecular flexibility index (Phi) is 5.42. The van der Waals surface area contributed by atoms with Gasteiger partial charge < -0.3 is 22.1 Å². The van der Waals surface area contributed by atoms with Crippen LogP contribution in [0.3, 0.4) is 0 Å². The first-order chi connectivity index (χ1) is 15.5. The third-order valence-electron chi connectivity index (χ3n) is 6.38. The lowest BCUT2D eigenvalue weighted by Gasteiger charge is -2.30. The van der Waals surface area contributed by atoms with Crippen LogP contribution in [0.2, 0.25) is 0 Å². The Balaban J connectivity index is 1.47. The van der Waals surface area contributed by atoms with Gasteiger partial charge in [-0.05, 0) is 49.8 Å². The maximum atomic E-state index is 14.8. The summed E-state index contributed by atoms with van der Waals surface area (Å²) in [7, 11) is 0. The van der Waals surface area contributed by atoms with Crippen LogP contribution in [-0.2, 0) is 6.54 Å². The van der Waals surface area contributed by atoms with Crippen molar-refractivity contribution in [3.63, 3.8) is 0 Å². The zero-order valence-electron chi connectivity index (χ0n) is 17.9. The van der Waals surface area contributed by atoms with Crippen molar-refractivity contribution in [1.29, 1.82) is 0 Å². The van der Waals surface area contributed by atoms with Crippen LogP contribution in [0, 0.1) is 11.7 Å². The fraction of sp³-hybridized carbons (Fsp3) is 0.435. The lowest BCUT2D eigenvalue weighted by atomic mass is 9.91. The molecule has 0 bridgehead atoms. The van der Waals surface area contributed by atoms with E-state index in [1.54, 1.807) is 0 Å². The molecule has 2 aliphatic rings. The van der Waals surface area contributed by atoms with Gasteiger partial charge >= 0.3 is 0 Å². The zero-order valence-corrected chi connectivity index (χ0v) is 17.9. The number of aromatic nitrogens is 3. The summed E-state index contributed by atoms with van der Waals surface area (Å²) in [6, 6.07) is 6.70. The van der Waals surface area contributed by atoms with Gasteiger partial charge in [-0.15, -0.1) is 0 Å². The molecule has 1 aromatic carbocycles. The maximum absolute atomic E-state index is 14.8. The topological polar surface area (TPSA) is 124 Å². The molecule has 8 nitrogen and oxygen atoms in total. The Morgan fingerprint density at radius 3 is 2.75 bits per heavy atom. The minimum absolute atomic E-state index is 0.0108. The zero-order chi connectivity index (χ0) is 22.2. The van der Waals surface area contributed by atoms with Crippen LogP contribution < -0.4 is 22.1 Å². The molecule has 2 fully saturated rings. The van der Waals surface area contributed by atoms with E-state index in [1.807, 2.05) is 29.1 Å². The molecule has 3 aromatic rings. The van der Waals surface area contributed by atoms with E-state index in [1.165, 1.54) is 12.8 Å². The lowest BCUT2D eigenvalue weighted by molar-refractivity contribution is 0.100. The van der Waals surface area contributed by atoms with Gasteiger partial charge in [-0.3, -0.25) is 9.48 Å². The molecule has 0 aliphatic heterocycles. The van der Waals surface area contributed by atoms with E-state index in [-0.39, 0.29) is 29.3 Å². The summed E-state index contributed by atoms with van der Waals surface area (Å²) in [6.45, 7) is 0.894. The summed E-state index contributed by atoms with van der Waals surface area (Å²) in [4.78, 5) is 16.4. The van der Waals surface area contributed by atoms with E-state index >= 15 is 0 Å². The summed E-state index contributed by atoms with van der Waals surface area (Å²) in [6.07, 6.45) is 8.31. The predicted octanol–water partition coefficient (Wildman–Crippen LogP) is 3.50. The number of carbonyl (C=O) groups excluding carboxylic acids is 1. The van der Waals surface area contributed by atoms with Crippen LogP contribution in [0.1, 0.15) is 48.9 Å². The summed E-state index contributed by atoms with van der Waals surface area (Å²) in [5.41, 5.74) is 13.3. The SMILES string of the molecule is NC(=O)c1cc(F)c(NC2CCCCC2N)nc1Nc1cccc2nn(CC3CC3)cc12. The van der Waals surface area contributed by atoms with Gasteiger partial charge in [0.25, 0.3) is 5.91 Å². The number of hydrogen-bond donors (Lipinski definition) is 4. The van der Waals surface area contributed by atoms with E-state index in [9.17, 15) is 9.18 Å². The number of nitrogens with two attached hydrogens (primary N) is 2. The van der Waals surface area contributed by atoms with Crippen molar-refractivity contribution in [2.75, 3.05) is 10.6 Å². The van der Waals surface area contributed by atoms with Crippen LogP contribution in [0.15, 0.2) is 30.5 Å². The lowest BCUT2D eigenvalue weighted by Crippen LogP contribution is -2.43. The second kappa shape index (κ2) is 8.38. The summed E-state index contributed by atoms with van der Waals surface area (Å²) >= 11 is 0. The van der Waals surface area contributed by atoms with E-state index in [0.29, 0.717) is 5.92 Å². The highest BCUT2D eigenvalue weighted by Crippen LogP contribution is 2.33. The number of carbonyl (C=O) groups is 1. The second-order valence-electron chi connectivity index (χ2n) is 8.94. The van der Waals surface area contributed by atoms with Crippen LogP contribution in [0.4, 0.5) is 21.7 Å². The molecule has 9 heteroatoms. The molecule has 2 aromatic heterocycles. The van der Waals surface area contributed by atoms with Gasteiger partial charge in [0, 0.05) is 30.2 Å². The van der Waals surface area contributed by atoms with Crippen LogP contribution in [0.5, 0.6) is 0 Å². The summed E-state index contributed by atoms with van der Waals surface area (Å²) in [5, 5.41) is 11.9. The van der Waals surface area contributed by atoms with Gasteiger partial charge in [-0.2, -0.15) is 5.10 Å². The normalized spacial score (nSPS) is 20.9. The van der Waals surface area contributed by atoms with Crippen molar-refractivity contribution in [1.82, 2.24) is 14.8 Å². The number of primary amides is 1. The Bertz CT molecular complexity index is 1160. The molecular formula is C23H28FN7O. The molecule has 6 N–H and O–H groups in total. The molecule has 2 saturated carbocycles. The average Bonchev–Trinajstić information content (AvgIpc) is 3.47. The molecule has 2 heterocycles. The Morgan fingerprint density at radius 1 is 1.19 bits per heavy atom. The Labute approximate surface area is 185 Å². The fourth-order valence-electron chi connectivity index (χ4n) is 4.37. The molecule has 2 aliphatic carbocycles. The van der Waals surface area contributed by atoms with Gasteiger partial charge in [0.2, 0.25) is 0 Å². The number of amides is 1. The number of anilines is 3. The van der Waals surface area contributed by atoms with Crippen molar-refractivity contribution in [3.8, 4) is 0 Å². The molecular weight excluding hydrogens is 409 g/mol. The number of nitrogens with one attached hydrogen (secondary N) is 2. The molecule has 1 amide bonds. The van der Waals surface area contributed by atoms with E-state index in [4.69, 9.17) is 11.5 Å². The molecule has 32 heavy (non-hydrogen) atoms. The average molecular weight is 438 g/mol. The standard InChI is InChI=1S/C23H28FN7O/c24-16-10-14(21(26)32)22(29-23(16)28-20-5-2-1-4-17(20)25)27-18-6-3-7-19-15(18)12-31(30-19)11-13-8-9-13/h3,6-7,10,12-13,17,20H,1-2,4-5,8-9,11,25H2,(H2,26,32)(H2,27,28,29). The predicted molar refractivity (Wildman–Crippen MR) is 122 cm³/mol. The Morgan fingerprint density at radius 2 is 2.00 bits per heavy atom. The van der Waals surface area contributed by atoms with E-state index in [0.717, 1.165) is 54.9 Å². The number of halogens is 1. The Hall–Kier alpha value is -3.20. The third kappa shape index (κ3) is 4.25. The number of benzene rings is 1. The molecule has 168 valence electrons. The van der Waals surface area contributed by atoms with E-state index in [2.05, 4.69) is 20.7 Å². The van der Waals surface area contributed by atoms with Crippen molar-refractivity contribution in [3.05, 3.63) is 41.8 Å². The quantitative estimate of drug-likeness (QED) is 0.448. The molecule has 5 rings (SSSR count). The highest BCUT2D eigenvalue weighted by Gasteiger charge is 2.25. The van der Waals surface area contributed by atoms with Gasteiger partial charge in [-0.25, -0.2) is 9.37 Å². The number of hydrogen-bond acceptors (Lipinski definition) is 6. The van der Waals surface area contributed by atoms with Crippen molar-refractivity contribution >= 4 is 34.1 Å². The largest absolute Gasteiger partial charge is 0.365 e. The second-order valence-corrected chi connectivity index (χ2v) is 8.94. The van der Waals surface area contributed by atoms with Crippen molar-refractivity contribution < 1.29 is 9.18 Å². The first-order valence-corrected chi connectivity index (χ1v) is 11.2. The minimum atomic E-state index is -0.753. The first-order valence-electron chi connectivity index (χ1n) is 11.2. The highest BCUT2D eigenvalue weighted by atomic mass is 19.1. The molecule has 2 atom stereocenters. The monoisotopic (exact) mass is 437 g/mol. The van der Waals surface area contributed by atoms with Crippen molar-refractivity contribution in [2.45, 2.75) is 57.2 Å². The van der Waals surface area contributed by atoms with Gasteiger partial charge in [0.1, 0.15) is 5.82 Å². The fourth-order valence-corrected chi connectivity index (χ4v) is 4.37. The molecule has 0 spiro atoms. The maximum Gasteiger partial charge on any atom is 0.252 e. The highest BCUT2D eigenvalue weighted by molar-refractivity contribution is 6.00. The summed E-state index contributed by atoms with van der Waals surface area (Å²) < 4.78 is 16.7. The van der Waals surface area contributed by atoms with Gasteiger partial charge in [-0.1, -0.05) is 18.9 Å². The van der Waals surface area contributed by atoms with Crippen molar-refractivity contribution in [2.24, 2.45) is 17.4 Å².